The Kier molecular flexibility index (Phi) is 3.78. The molecule has 2 unspecified atom stereocenters. The van der Waals surface area contributed by atoms with Gasteiger partial charge in [-0.25, -0.2) is 4.79 Å². The van der Waals surface area contributed by atoms with E-state index < -0.39 is 24.0 Å². The van der Waals surface area contributed by atoms with E-state index in [0.29, 0.717) is 0 Å². The van der Waals surface area contributed by atoms with Crippen LogP contribution in [0.25, 0.3) is 0 Å². The summed E-state index contributed by atoms with van der Waals surface area (Å²) in [5, 5.41) is 0. The van der Waals surface area contributed by atoms with Crippen molar-refractivity contribution in [3.8, 4) is 5.75 Å². The van der Waals surface area contributed by atoms with Gasteiger partial charge in [0.15, 0.2) is 11.9 Å². The van der Waals surface area contributed by atoms with Gasteiger partial charge in [0.25, 0.3) is 0 Å². The van der Waals surface area contributed by atoms with Crippen LogP contribution in [-0.2, 0) is 19.0 Å². The predicted molar refractivity (Wildman–Crippen MR) is 67.8 cm³/mol. The Balaban J connectivity index is 2.26. The molecule has 0 radical (unpaired) electrons. The van der Waals surface area contributed by atoms with Gasteiger partial charge >= 0.3 is 5.97 Å². The number of ether oxygens (including phenoxy) is 4. The van der Waals surface area contributed by atoms with Gasteiger partial charge in [0, 0.05) is 0 Å². The van der Waals surface area contributed by atoms with E-state index in [-0.39, 0.29) is 0 Å². The molecule has 1 aliphatic heterocycles. The van der Waals surface area contributed by atoms with Crippen LogP contribution >= 0.6 is 0 Å². The van der Waals surface area contributed by atoms with Crippen LogP contribution in [0.2, 0.25) is 0 Å². The number of benzene rings is 1. The molecule has 1 aliphatic rings. The van der Waals surface area contributed by atoms with E-state index in [1.807, 2.05) is 24.3 Å². The van der Waals surface area contributed by atoms with Crippen molar-refractivity contribution in [3.63, 3.8) is 0 Å². The van der Waals surface area contributed by atoms with Crippen molar-refractivity contribution in [1.82, 2.24) is 0 Å². The molecule has 5 heteroatoms. The number of methoxy groups -OCH3 is 2. The van der Waals surface area contributed by atoms with E-state index in [0.717, 1.165) is 11.3 Å². The van der Waals surface area contributed by atoms with Crippen molar-refractivity contribution >= 4 is 5.97 Å². The summed E-state index contributed by atoms with van der Waals surface area (Å²) >= 11 is 0. The SMILES string of the molecule is COC(=O)C1OC(C)(C)OC1c1ccc(OC)cc1. The molecule has 1 saturated heterocycles. The number of esters is 1. The normalized spacial score (nSPS) is 25.1. The number of hydrogen-bond donors (Lipinski definition) is 0. The number of hydrogen-bond acceptors (Lipinski definition) is 5. The summed E-state index contributed by atoms with van der Waals surface area (Å²) in [5.41, 5.74) is 0.849. The number of rotatable bonds is 3. The Labute approximate surface area is 112 Å². The first-order valence-corrected chi connectivity index (χ1v) is 6.04. The third-order valence-corrected chi connectivity index (χ3v) is 2.97. The largest absolute Gasteiger partial charge is 0.497 e. The molecule has 0 saturated carbocycles. The minimum absolute atomic E-state index is 0.439. The molecule has 1 aromatic carbocycles. The van der Waals surface area contributed by atoms with Crippen molar-refractivity contribution < 1.29 is 23.7 Å². The highest BCUT2D eigenvalue weighted by Gasteiger charge is 2.46. The zero-order valence-electron chi connectivity index (χ0n) is 11.5. The third kappa shape index (κ3) is 2.88. The fourth-order valence-corrected chi connectivity index (χ4v) is 2.09. The summed E-state index contributed by atoms with van der Waals surface area (Å²) in [6.45, 7) is 3.54. The maximum Gasteiger partial charge on any atom is 0.338 e. The van der Waals surface area contributed by atoms with E-state index in [1.54, 1.807) is 21.0 Å². The Morgan fingerprint density at radius 3 is 2.32 bits per heavy atom. The van der Waals surface area contributed by atoms with Crippen LogP contribution in [0.5, 0.6) is 5.75 Å². The molecule has 0 bridgehead atoms. The molecule has 0 aromatic heterocycles. The van der Waals surface area contributed by atoms with Gasteiger partial charge in [-0.3, -0.25) is 0 Å². The molecule has 19 heavy (non-hydrogen) atoms. The van der Waals surface area contributed by atoms with Gasteiger partial charge in [-0.1, -0.05) is 12.1 Å². The second-order valence-corrected chi connectivity index (χ2v) is 4.77. The monoisotopic (exact) mass is 266 g/mol. The van der Waals surface area contributed by atoms with Gasteiger partial charge in [0.05, 0.1) is 14.2 Å². The highest BCUT2D eigenvalue weighted by molar-refractivity contribution is 5.76. The lowest BCUT2D eigenvalue weighted by Crippen LogP contribution is -2.28. The maximum absolute atomic E-state index is 11.8. The van der Waals surface area contributed by atoms with Crippen molar-refractivity contribution in [1.29, 1.82) is 0 Å². The lowest BCUT2D eigenvalue weighted by atomic mass is 10.0. The summed E-state index contributed by atoms with van der Waals surface area (Å²) in [7, 11) is 2.94. The molecule has 0 amide bonds. The van der Waals surface area contributed by atoms with E-state index in [4.69, 9.17) is 18.9 Å². The van der Waals surface area contributed by atoms with Crippen molar-refractivity contribution in [2.24, 2.45) is 0 Å². The fraction of sp³-hybridized carbons (Fsp3) is 0.500. The second-order valence-electron chi connectivity index (χ2n) is 4.77. The summed E-state index contributed by atoms with van der Waals surface area (Å²) in [5.74, 6) is -0.508. The van der Waals surface area contributed by atoms with Crippen LogP contribution in [0.4, 0.5) is 0 Å². The predicted octanol–water partition coefficient (Wildman–Crippen LogP) is 2.06. The number of carbonyl (C=O) groups excluding carboxylic acids is 1. The van der Waals surface area contributed by atoms with Crippen LogP contribution < -0.4 is 4.74 Å². The van der Waals surface area contributed by atoms with Gasteiger partial charge in [-0.15, -0.1) is 0 Å². The molecule has 0 spiro atoms. The Morgan fingerprint density at radius 1 is 1.16 bits per heavy atom. The second kappa shape index (κ2) is 5.19. The minimum Gasteiger partial charge on any atom is -0.497 e. The summed E-state index contributed by atoms with van der Waals surface area (Å²) in [6, 6.07) is 7.34. The maximum atomic E-state index is 11.8. The van der Waals surface area contributed by atoms with Crippen LogP contribution in [-0.4, -0.2) is 32.1 Å². The first-order valence-electron chi connectivity index (χ1n) is 6.04. The zero-order chi connectivity index (χ0) is 14.0. The molecule has 104 valence electrons. The quantitative estimate of drug-likeness (QED) is 0.784. The van der Waals surface area contributed by atoms with Crippen molar-refractivity contribution in [3.05, 3.63) is 29.8 Å². The molecule has 0 aliphatic carbocycles. The average Bonchev–Trinajstić information content (AvgIpc) is 2.74. The van der Waals surface area contributed by atoms with Crippen molar-refractivity contribution in [2.75, 3.05) is 14.2 Å². The van der Waals surface area contributed by atoms with E-state index in [1.165, 1.54) is 7.11 Å². The van der Waals surface area contributed by atoms with Crippen LogP contribution in [0.1, 0.15) is 25.5 Å². The summed E-state index contributed by atoms with van der Waals surface area (Å²) < 4.78 is 21.2. The van der Waals surface area contributed by atoms with Gasteiger partial charge < -0.3 is 18.9 Å². The Bertz CT molecular complexity index is 451. The van der Waals surface area contributed by atoms with Gasteiger partial charge in [0.2, 0.25) is 0 Å². The highest BCUT2D eigenvalue weighted by Crippen LogP contribution is 2.39. The van der Waals surface area contributed by atoms with Gasteiger partial charge in [-0.05, 0) is 31.5 Å². The molecular formula is C14H18O5. The lowest BCUT2D eigenvalue weighted by Gasteiger charge is -2.16. The first kappa shape index (κ1) is 13.8. The molecular weight excluding hydrogens is 248 g/mol. The summed E-state index contributed by atoms with van der Waals surface area (Å²) in [4.78, 5) is 11.8. The van der Waals surface area contributed by atoms with Crippen LogP contribution in [0.15, 0.2) is 24.3 Å². The van der Waals surface area contributed by atoms with Crippen LogP contribution in [0.3, 0.4) is 0 Å². The molecule has 5 nitrogen and oxygen atoms in total. The van der Waals surface area contributed by atoms with Crippen molar-refractivity contribution in [2.45, 2.75) is 31.8 Å². The molecule has 0 N–H and O–H groups in total. The average molecular weight is 266 g/mol. The first-order chi connectivity index (χ1) is 8.96. The van der Waals surface area contributed by atoms with Gasteiger partial charge in [-0.2, -0.15) is 0 Å². The summed E-state index contributed by atoms with van der Waals surface area (Å²) in [6.07, 6.45) is -1.23. The van der Waals surface area contributed by atoms with Gasteiger partial charge in [0.1, 0.15) is 11.9 Å². The highest BCUT2D eigenvalue weighted by atomic mass is 16.8. The molecule has 2 atom stereocenters. The standard InChI is InChI=1S/C14H18O5/c1-14(2)18-11(12(19-14)13(15)17-4)9-5-7-10(16-3)8-6-9/h5-8,11-12H,1-4H3. The van der Waals surface area contributed by atoms with E-state index >= 15 is 0 Å². The third-order valence-electron chi connectivity index (χ3n) is 2.97. The Hall–Kier alpha value is -1.59. The Morgan fingerprint density at radius 2 is 1.79 bits per heavy atom. The molecule has 1 aromatic rings. The molecule has 2 rings (SSSR count). The number of carbonyl (C=O) groups is 1. The topological polar surface area (TPSA) is 54.0 Å². The van der Waals surface area contributed by atoms with Crippen LogP contribution in [0, 0.1) is 0 Å². The van der Waals surface area contributed by atoms with E-state index in [9.17, 15) is 4.79 Å². The smallest absolute Gasteiger partial charge is 0.338 e. The fourth-order valence-electron chi connectivity index (χ4n) is 2.09. The molecule has 1 heterocycles. The molecule has 1 fully saturated rings. The van der Waals surface area contributed by atoms with E-state index in [2.05, 4.69) is 0 Å². The lowest BCUT2D eigenvalue weighted by molar-refractivity contribution is -0.168. The zero-order valence-corrected chi connectivity index (χ0v) is 11.5. The minimum atomic E-state index is -0.816.